The first-order chi connectivity index (χ1) is 12.0. The zero-order valence-electron chi connectivity index (χ0n) is 14.5. The van der Waals surface area contributed by atoms with E-state index in [0.717, 1.165) is 11.4 Å². The number of amides is 2. The van der Waals surface area contributed by atoms with E-state index in [4.69, 9.17) is 0 Å². The van der Waals surface area contributed by atoms with Gasteiger partial charge in [0.2, 0.25) is 11.8 Å². The molecule has 6 heteroatoms. The summed E-state index contributed by atoms with van der Waals surface area (Å²) in [6.07, 6.45) is 3.32. The summed E-state index contributed by atoms with van der Waals surface area (Å²) >= 11 is 0. The Morgan fingerprint density at radius 2 is 2.04 bits per heavy atom. The maximum atomic E-state index is 12.4. The highest BCUT2D eigenvalue weighted by atomic mass is 16.2. The van der Waals surface area contributed by atoms with Crippen LogP contribution in [0.2, 0.25) is 0 Å². The van der Waals surface area contributed by atoms with Crippen LogP contribution >= 0.6 is 0 Å². The highest BCUT2D eigenvalue weighted by Gasteiger charge is 2.35. The van der Waals surface area contributed by atoms with Gasteiger partial charge < -0.3 is 10.2 Å². The topological polar surface area (TPSA) is 75.2 Å². The standard InChI is InChI=1S/C19H22N4O2/c1-13(2)14-3-5-17(6-4-14)23-11-15(9-18(23)24)19(25)21-10-16-7-8-20-12-22-16/h3-8,12-13,15H,9-11H2,1-2H3,(H,21,25)/t15-/m0/s1. The molecule has 1 aliphatic rings. The molecule has 0 unspecified atom stereocenters. The smallest absolute Gasteiger partial charge is 0.227 e. The SMILES string of the molecule is CC(C)c1ccc(N2C[C@@H](C(=O)NCc3ccncn3)CC2=O)cc1. The van der Waals surface area contributed by atoms with Crippen molar-refractivity contribution in [2.75, 3.05) is 11.4 Å². The van der Waals surface area contributed by atoms with Crippen LogP contribution in [0.3, 0.4) is 0 Å². The van der Waals surface area contributed by atoms with Crippen LogP contribution in [-0.2, 0) is 16.1 Å². The molecule has 1 fully saturated rings. The molecular weight excluding hydrogens is 316 g/mol. The van der Waals surface area contributed by atoms with Crippen molar-refractivity contribution in [2.45, 2.75) is 32.7 Å². The second-order valence-corrected chi connectivity index (χ2v) is 6.57. The Hall–Kier alpha value is -2.76. The third kappa shape index (κ3) is 4.02. The van der Waals surface area contributed by atoms with Crippen molar-refractivity contribution in [3.8, 4) is 0 Å². The fourth-order valence-electron chi connectivity index (χ4n) is 2.92. The van der Waals surface area contributed by atoms with E-state index in [9.17, 15) is 9.59 Å². The lowest BCUT2D eigenvalue weighted by Crippen LogP contribution is -2.32. The van der Waals surface area contributed by atoms with E-state index >= 15 is 0 Å². The summed E-state index contributed by atoms with van der Waals surface area (Å²) in [5, 5.41) is 2.85. The summed E-state index contributed by atoms with van der Waals surface area (Å²) in [6, 6.07) is 9.73. The molecule has 0 saturated carbocycles. The lowest BCUT2D eigenvalue weighted by molar-refractivity contribution is -0.126. The minimum absolute atomic E-state index is 0.0144. The number of anilines is 1. The molecule has 1 aliphatic heterocycles. The fourth-order valence-corrected chi connectivity index (χ4v) is 2.92. The molecule has 1 saturated heterocycles. The molecule has 2 amide bonds. The van der Waals surface area contributed by atoms with Crippen molar-refractivity contribution in [1.29, 1.82) is 0 Å². The summed E-state index contributed by atoms with van der Waals surface area (Å²) in [5.41, 5.74) is 2.82. The van der Waals surface area contributed by atoms with Gasteiger partial charge in [-0.25, -0.2) is 9.97 Å². The first-order valence-corrected chi connectivity index (χ1v) is 8.47. The summed E-state index contributed by atoms with van der Waals surface area (Å²) in [7, 11) is 0. The summed E-state index contributed by atoms with van der Waals surface area (Å²) in [4.78, 5) is 34.3. The van der Waals surface area contributed by atoms with Gasteiger partial charge in [0.1, 0.15) is 6.33 Å². The van der Waals surface area contributed by atoms with Crippen LogP contribution in [-0.4, -0.2) is 28.3 Å². The third-order valence-electron chi connectivity index (χ3n) is 4.45. The molecule has 1 N–H and O–H groups in total. The maximum absolute atomic E-state index is 12.4. The van der Waals surface area contributed by atoms with Crippen LogP contribution < -0.4 is 10.2 Å². The number of nitrogens with one attached hydrogen (secondary N) is 1. The Morgan fingerprint density at radius 3 is 2.68 bits per heavy atom. The lowest BCUT2D eigenvalue weighted by Gasteiger charge is -2.17. The van der Waals surface area contributed by atoms with Gasteiger partial charge in [-0.05, 0) is 29.7 Å². The predicted octanol–water partition coefficient (Wildman–Crippen LogP) is 2.27. The Morgan fingerprint density at radius 1 is 1.28 bits per heavy atom. The van der Waals surface area contributed by atoms with E-state index in [2.05, 4.69) is 29.1 Å². The number of hydrogen-bond donors (Lipinski definition) is 1. The first kappa shape index (κ1) is 17.1. The van der Waals surface area contributed by atoms with Crippen molar-refractivity contribution in [3.63, 3.8) is 0 Å². The molecule has 0 spiro atoms. The number of carbonyl (C=O) groups is 2. The van der Waals surface area contributed by atoms with Crippen LogP contribution in [0.1, 0.15) is 37.4 Å². The van der Waals surface area contributed by atoms with Crippen LogP contribution in [0.5, 0.6) is 0 Å². The van der Waals surface area contributed by atoms with Gasteiger partial charge in [-0.1, -0.05) is 26.0 Å². The molecule has 25 heavy (non-hydrogen) atoms. The number of carbonyl (C=O) groups excluding carboxylic acids is 2. The molecule has 0 bridgehead atoms. The highest BCUT2D eigenvalue weighted by molar-refractivity contribution is 6.00. The van der Waals surface area contributed by atoms with E-state index in [-0.39, 0.29) is 24.2 Å². The molecule has 3 rings (SSSR count). The van der Waals surface area contributed by atoms with Gasteiger partial charge in [-0.3, -0.25) is 9.59 Å². The number of nitrogens with zero attached hydrogens (tertiary/aromatic N) is 3. The molecule has 6 nitrogen and oxygen atoms in total. The first-order valence-electron chi connectivity index (χ1n) is 8.47. The number of hydrogen-bond acceptors (Lipinski definition) is 4. The zero-order valence-corrected chi connectivity index (χ0v) is 14.5. The van der Waals surface area contributed by atoms with E-state index in [1.165, 1.54) is 11.9 Å². The molecule has 1 atom stereocenters. The molecule has 0 aliphatic carbocycles. The van der Waals surface area contributed by atoms with E-state index in [1.807, 2.05) is 24.3 Å². The van der Waals surface area contributed by atoms with Crippen molar-refractivity contribution in [3.05, 3.63) is 54.1 Å². The van der Waals surface area contributed by atoms with Gasteiger partial charge in [0.25, 0.3) is 0 Å². The van der Waals surface area contributed by atoms with E-state index in [0.29, 0.717) is 19.0 Å². The van der Waals surface area contributed by atoms with Gasteiger partial charge in [0, 0.05) is 24.8 Å². The summed E-state index contributed by atoms with van der Waals surface area (Å²) in [5.74, 6) is -0.0180. The molecular formula is C19H22N4O2. The predicted molar refractivity (Wildman–Crippen MR) is 94.9 cm³/mol. The largest absolute Gasteiger partial charge is 0.350 e. The second-order valence-electron chi connectivity index (χ2n) is 6.57. The third-order valence-corrected chi connectivity index (χ3v) is 4.45. The van der Waals surface area contributed by atoms with Crippen molar-refractivity contribution in [1.82, 2.24) is 15.3 Å². The Labute approximate surface area is 147 Å². The normalized spacial score (nSPS) is 17.2. The molecule has 2 aromatic rings. The molecule has 2 heterocycles. The van der Waals surface area contributed by atoms with Crippen LogP contribution in [0.4, 0.5) is 5.69 Å². The average molecular weight is 338 g/mol. The number of rotatable bonds is 5. The van der Waals surface area contributed by atoms with Gasteiger partial charge in [-0.15, -0.1) is 0 Å². The lowest BCUT2D eigenvalue weighted by atomic mass is 10.0. The summed E-state index contributed by atoms with van der Waals surface area (Å²) in [6.45, 7) is 5.02. The minimum atomic E-state index is -0.334. The van der Waals surface area contributed by atoms with E-state index in [1.54, 1.807) is 17.2 Å². The van der Waals surface area contributed by atoms with Crippen molar-refractivity contribution in [2.24, 2.45) is 5.92 Å². The molecule has 1 aromatic heterocycles. The molecule has 0 radical (unpaired) electrons. The number of aromatic nitrogens is 2. The van der Waals surface area contributed by atoms with E-state index < -0.39 is 0 Å². The van der Waals surface area contributed by atoms with Gasteiger partial charge >= 0.3 is 0 Å². The maximum Gasteiger partial charge on any atom is 0.227 e. The summed E-state index contributed by atoms with van der Waals surface area (Å²) < 4.78 is 0. The van der Waals surface area contributed by atoms with Gasteiger partial charge in [0.15, 0.2) is 0 Å². The quantitative estimate of drug-likeness (QED) is 0.907. The van der Waals surface area contributed by atoms with Gasteiger partial charge in [0.05, 0.1) is 18.2 Å². The van der Waals surface area contributed by atoms with Crippen LogP contribution in [0, 0.1) is 5.92 Å². The Bertz CT molecular complexity index is 744. The monoisotopic (exact) mass is 338 g/mol. The average Bonchev–Trinajstić information content (AvgIpc) is 3.02. The molecule has 1 aromatic carbocycles. The fraction of sp³-hybridized carbons (Fsp3) is 0.368. The van der Waals surface area contributed by atoms with Crippen molar-refractivity contribution < 1.29 is 9.59 Å². The zero-order chi connectivity index (χ0) is 17.8. The molecule has 130 valence electrons. The minimum Gasteiger partial charge on any atom is -0.350 e. The Kier molecular flexibility index (Phi) is 5.07. The highest BCUT2D eigenvalue weighted by Crippen LogP contribution is 2.27. The van der Waals surface area contributed by atoms with Crippen molar-refractivity contribution >= 4 is 17.5 Å². The van der Waals surface area contributed by atoms with Crippen LogP contribution in [0.25, 0.3) is 0 Å². The Balaban J connectivity index is 1.60. The van der Waals surface area contributed by atoms with Gasteiger partial charge in [-0.2, -0.15) is 0 Å². The van der Waals surface area contributed by atoms with Crippen LogP contribution in [0.15, 0.2) is 42.9 Å². The number of benzene rings is 1. The second kappa shape index (κ2) is 7.42.